The first-order chi connectivity index (χ1) is 13.0. The molecule has 1 amide bonds. The molecule has 0 aliphatic rings. The summed E-state index contributed by atoms with van der Waals surface area (Å²) in [5.41, 5.74) is 3.96. The minimum absolute atomic E-state index is 0.00959. The Kier molecular flexibility index (Phi) is 5.60. The smallest absolute Gasteiger partial charge is 0.336 e. The van der Waals surface area contributed by atoms with Crippen LogP contribution in [0.25, 0.3) is 11.0 Å². The summed E-state index contributed by atoms with van der Waals surface area (Å²) >= 11 is 0. The van der Waals surface area contributed by atoms with Gasteiger partial charge in [0.05, 0.1) is 0 Å². The second-order valence-corrected chi connectivity index (χ2v) is 6.85. The Morgan fingerprint density at radius 2 is 1.74 bits per heavy atom. The lowest BCUT2D eigenvalue weighted by atomic mass is 10.1. The molecule has 0 bridgehead atoms. The van der Waals surface area contributed by atoms with Gasteiger partial charge in [0.2, 0.25) is 5.91 Å². The number of hydrogen-bond acceptors (Lipinski definition) is 4. The average Bonchev–Trinajstić information content (AvgIpc) is 2.66. The molecule has 0 aliphatic carbocycles. The van der Waals surface area contributed by atoms with Crippen LogP contribution in [0.15, 0.2) is 57.7 Å². The van der Waals surface area contributed by atoms with E-state index in [0.29, 0.717) is 12.1 Å². The molecule has 0 unspecified atom stereocenters. The third kappa shape index (κ3) is 4.56. The molecule has 1 heterocycles. The predicted octanol–water partition coefficient (Wildman–Crippen LogP) is 4.56. The molecule has 5 nitrogen and oxygen atoms in total. The van der Waals surface area contributed by atoms with Crippen LogP contribution in [0.5, 0.6) is 0 Å². The van der Waals surface area contributed by atoms with Crippen molar-refractivity contribution in [1.29, 1.82) is 0 Å². The normalized spacial score (nSPS) is 11.0. The van der Waals surface area contributed by atoms with Crippen LogP contribution in [0.2, 0.25) is 0 Å². The quantitative estimate of drug-likeness (QED) is 0.629. The van der Waals surface area contributed by atoms with Crippen molar-refractivity contribution in [3.8, 4) is 0 Å². The Labute approximate surface area is 158 Å². The fourth-order valence-corrected chi connectivity index (χ4v) is 2.80. The molecule has 140 valence electrons. The number of aryl methyl sites for hydroxylation is 1. The summed E-state index contributed by atoms with van der Waals surface area (Å²) in [5, 5.41) is 7.11. The highest BCUT2D eigenvalue weighted by Gasteiger charge is 2.08. The number of carbonyl (C=O) groups excluding carboxylic acids is 1. The zero-order valence-electron chi connectivity index (χ0n) is 15.8. The monoisotopic (exact) mass is 364 g/mol. The van der Waals surface area contributed by atoms with Crippen molar-refractivity contribution < 1.29 is 9.21 Å². The highest BCUT2D eigenvalue weighted by atomic mass is 16.4. The number of anilines is 2. The molecule has 3 aromatic rings. The Hall–Kier alpha value is -3.08. The molecule has 0 atom stereocenters. The molecule has 27 heavy (non-hydrogen) atoms. The molecule has 2 N–H and O–H groups in total. The van der Waals surface area contributed by atoms with Crippen LogP contribution in [0.1, 0.15) is 31.9 Å². The van der Waals surface area contributed by atoms with Gasteiger partial charge in [-0.05, 0) is 47.9 Å². The molecule has 0 radical (unpaired) electrons. The highest BCUT2D eigenvalue weighted by Crippen LogP contribution is 2.21. The van der Waals surface area contributed by atoms with Crippen LogP contribution in [0, 0.1) is 5.92 Å². The predicted molar refractivity (Wildman–Crippen MR) is 109 cm³/mol. The van der Waals surface area contributed by atoms with E-state index >= 15 is 0 Å². The van der Waals surface area contributed by atoms with Gasteiger partial charge in [0, 0.05) is 35.3 Å². The van der Waals surface area contributed by atoms with Gasteiger partial charge in [-0.3, -0.25) is 4.79 Å². The third-order valence-electron chi connectivity index (χ3n) is 4.46. The van der Waals surface area contributed by atoms with Crippen molar-refractivity contribution in [1.82, 2.24) is 0 Å². The minimum atomic E-state index is -0.348. The molecular formula is C22H24N2O3. The molecule has 0 spiro atoms. The first kappa shape index (κ1) is 18.7. The number of hydrogen-bond donors (Lipinski definition) is 2. The summed E-state index contributed by atoms with van der Waals surface area (Å²) < 4.78 is 5.35. The van der Waals surface area contributed by atoms with Gasteiger partial charge in [0.1, 0.15) is 5.58 Å². The van der Waals surface area contributed by atoms with Crippen molar-refractivity contribution in [2.75, 3.05) is 10.6 Å². The van der Waals surface area contributed by atoms with Gasteiger partial charge in [-0.15, -0.1) is 0 Å². The van der Waals surface area contributed by atoms with Crippen LogP contribution in [-0.4, -0.2) is 5.91 Å². The number of rotatable bonds is 6. The van der Waals surface area contributed by atoms with Crippen LogP contribution in [0.3, 0.4) is 0 Å². The minimum Gasteiger partial charge on any atom is -0.423 e. The first-order valence-corrected chi connectivity index (χ1v) is 9.16. The molecule has 0 aliphatic heterocycles. The van der Waals surface area contributed by atoms with E-state index in [1.165, 1.54) is 6.07 Å². The van der Waals surface area contributed by atoms with Crippen LogP contribution < -0.4 is 16.3 Å². The van der Waals surface area contributed by atoms with Crippen molar-refractivity contribution in [2.24, 2.45) is 5.92 Å². The number of amides is 1. The topological polar surface area (TPSA) is 71.3 Å². The average molecular weight is 364 g/mol. The lowest BCUT2D eigenvalue weighted by molar-refractivity contribution is -0.118. The van der Waals surface area contributed by atoms with E-state index in [4.69, 9.17) is 4.42 Å². The SMILES string of the molecule is CCc1ccc2c(CNc3ccc(NC(=O)C(C)C)cc3)cc(=O)oc2c1. The van der Waals surface area contributed by atoms with E-state index in [-0.39, 0.29) is 17.5 Å². The molecule has 1 aromatic heterocycles. The molecule has 5 heteroatoms. The number of benzene rings is 2. The second-order valence-electron chi connectivity index (χ2n) is 6.85. The Morgan fingerprint density at radius 3 is 2.41 bits per heavy atom. The van der Waals surface area contributed by atoms with Crippen LogP contribution >= 0.6 is 0 Å². The summed E-state index contributed by atoms with van der Waals surface area (Å²) in [7, 11) is 0. The largest absolute Gasteiger partial charge is 0.423 e. The van der Waals surface area contributed by atoms with Crippen molar-refractivity contribution >= 4 is 28.3 Å². The summed E-state index contributed by atoms with van der Waals surface area (Å²) in [6.07, 6.45) is 0.891. The summed E-state index contributed by atoms with van der Waals surface area (Å²) in [5.74, 6) is -0.0706. The fraction of sp³-hybridized carbons (Fsp3) is 0.273. The zero-order chi connectivity index (χ0) is 19.4. The zero-order valence-corrected chi connectivity index (χ0v) is 15.8. The number of carbonyl (C=O) groups is 1. The van der Waals surface area contributed by atoms with Gasteiger partial charge in [-0.25, -0.2) is 4.79 Å². The molecule has 2 aromatic carbocycles. The maximum absolute atomic E-state index is 11.9. The number of fused-ring (bicyclic) bond motifs is 1. The Bertz CT molecular complexity index is 1000. The Balaban J connectivity index is 1.75. The van der Waals surface area contributed by atoms with E-state index in [9.17, 15) is 9.59 Å². The van der Waals surface area contributed by atoms with Gasteiger partial charge in [-0.2, -0.15) is 0 Å². The van der Waals surface area contributed by atoms with E-state index in [2.05, 4.69) is 23.6 Å². The van der Waals surface area contributed by atoms with Crippen LogP contribution in [0.4, 0.5) is 11.4 Å². The highest BCUT2D eigenvalue weighted by molar-refractivity contribution is 5.92. The lowest BCUT2D eigenvalue weighted by Crippen LogP contribution is -2.17. The van der Waals surface area contributed by atoms with Crippen molar-refractivity contribution in [2.45, 2.75) is 33.7 Å². The maximum atomic E-state index is 11.9. The molecule has 3 rings (SSSR count). The molecule has 0 saturated heterocycles. The van der Waals surface area contributed by atoms with Gasteiger partial charge in [0.25, 0.3) is 0 Å². The molecule has 0 fully saturated rings. The fourth-order valence-electron chi connectivity index (χ4n) is 2.80. The standard InChI is InChI=1S/C22H24N2O3/c1-4-15-5-10-19-16(12-21(25)27-20(19)11-15)13-23-17-6-8-18(9-7-17)24-22(26)14(2)3/h5-12,14,23H,4,13H2,1-3H3,(H,24,26). The van der Waals surface area contributed by atoms with Gasteiger partial charge in [-0.1, -0.05) is 32.9 Å². The third-order valence-corrected chi connectivity index (χ3v) is 4.46. The van der Waals surface area contributed by atoms with Crippen LogP contribution in [-0.2, 0) is 17.8 Å². The van der Waals surface area contributed by atoms with Gasteiger partial charge < -0.3 is 15.1 Å². The van der Waals surface area contributed by atoms with E-state index < -0.39 is 0 Å². The van der Waals surface area contributed by atoms with E-state index in [1.807, 2.05) is 50.2 Å². The molecule has 0 saturated carbocycles. The summed E-state index contributed by atoms with van der Waals surface area (Å²) in [6, 6.07) is 15.0. The second kappa shape index (κ2) is 8.08. The molecular weight excluding hydrogens is 340 g/mol. The summed E-state index contributed by atoms with van der Waals surface area (Å²) in [6.45, 7) is 6.29. The van der Waals surface area contributed by atoms with Gasteiger partial charge >= 0.3 is 5.63 Å². The Morgan fingerprint density at radius 1 is 1.04 bits per heavy atom. The van der Waals surface area contributed by atoms with E-state index in [0.717, 1.165) is 34.3 Å². The lowest BCUT2D eigenvalue weighted by Gasteiger charge is -2.11. The van der Waals surface area contributed by atoms with Gasteiger partial charge in [0.15, 0.2) is 0 Å². The van der Waals surface area contributed by atoms with Crippen molar-refractivity contribution in [3.05, 3.63) is 70.1 Å². The van der Waals surface area contributed by atoms with Crippen molar-refractivity contribution in [3.63, 3.8) is 0 Å². The first-order valence-electron chi connectivity index (χ1n) is 9.16. The van der Waals surface area contributed by atoms with E-state index in [1.54, 1.807) is 0 Å². The maximum Gasteiger partial charge on any atom is 0.336 e. The summed E-state index contributed by atoms with van der Waals surface area (Å²) in [4.78, 5) is 23.6. The number of nitrogens with one attached hydrogen (secondary N) is 2.